The minimum Gasteiger partial charge on any atom is -0.481 e. The van der Waals surface area contributed by atoms with Crippen LogP contribution in [-0.2, 0) is 4.79 Å². The van der Waals surface area contributed by atoms with Gasteiger partial charge in [-0.1, -0.05) is 61.7 Å². The number of H-pyrrole nitrogens is 1. The van der Waals surface area contributed by atoms with Crippen LogP contribution >= 0.6 is 0 Å². The highest BCUT2D eigenvalue weighted by Crippen LogP contribution is 2.39. The molecule has 3 N–H and O–H groups in total. The van der Waals surface area contributed by atoms with Crippen LogP contribution in [0, 0.1) is 5.41 Å². The second-order valence-corrected chi connectivity index (χ2v) is 9.35. The van der Waals surface area contributed by atoms with Gasteiger partial charge in [-0.3, -0.25) is 9.89 Å². The molecule has 0 amide bonds. The van der Waals surface area contributed by atoms with Crippen LogP contribution in [0.5, 0.6) is 0 Å². The standard InChI is InChI=1S/C27H31N3O2/c31-26(32)27(16-5-2-6-17-27)18-28-25-24-22(10-7-11-23(24)29-30-25)21-14-12-20(13-15-21)19-8-3-1-4-9-19/h7-8,10-15H,1-6,9,16-18H2,(H,31,32)(H2,28,29,30). The van der Waals surface area contributed by atoms with Crippen molar-refractivity contribution in [2.24, 2.45) is 5.41 Å². The highest BCUT2D eigenvalue weighted by Gasteiger charge is 2.39. The SMILES string of the molecule is O=C(O)C1(CNc2n[nH]c3cccc(-c4ccc(C5=CCCCC5)cc4)c23)CCCCC1. The molecule has 166 valence electrons. The molecule has 1 aromatic heterocycles. The van der Waals surface area contributed by atoms with E-state index in [-0.39, 0.29) is 0 Å². The summed E-state index contributed by atoms with van der Waals surface area (Å²) >= 11 is 0. The second kappa shape index (κ2) is 8.81. The number of carboxylic acids is 1. The van der Waals surface area contributed by atoms with E-state index in [9.17, 15) is 9.90 Å². The molecule has 1 saturated carbocycles. The molecule has 0 unspecified atom stereocenters. The van der Waals surface area contributed by atoms with Gasteiger partial charge in [0.2, 0.25) is 0 Å². The number of fused-ring (bicyclic) bond motifs is 1. The summed E-state index contributed by atoms with van der Waals surface area (Å²) in [6.07, 6.45) is 11.8. The molecule has 32 heavy (non-hydrogen) atoms. The molecule has 5 rings (SSSR count). The molecule has 0 bridgehead atoms. The Kier molecular flexibility index (Phi) is 5.73. The first-order valence-electron chi connectivity index (χ1n) is 11.9. The lowest BCUT2D eigenvalue weighted by molar-refractivity contribution is -0.150. The number of carboxylic acid groups (broad SMARTS) is 1. The van der Waals surface area contributed by atoms with Crippen molar-refractivity contribution in [3.8, 4) is 11.1 Å². The number of anilines is 1. The molecule has 0 saturated heterocycles. The van der Waals surface area contributed by atoms with E-state index < -0.39 is 11.4 Å². The largest absolute Gasteiger partial charge is 0.481 e. The summed E-state index contributed by atoms with van der Waals surface area (Å²) in [5.41, 5.74) is 5.28. The van der Waals surface area contributed by atoms with Crippen LogP contribution in [0.3, 0.4) is 0 Å². The Morgan fingerprint density at radius 2 is 1.78 bits per heavy atom. The van der Waals surface area contributed by atoms with Gasteiger partial charge in [0.05, 0.1) is 16.3 Å². The monoisotopic (exact) mass is 429 g/mol. The number of benzene rings is 2. The van der Waals surface area contributed by atoms with Crippen LogP contribution in [0.4, 0.5) is 5.82 Å². The van der Waals surface area contributed by atoms with Crippen LogP contribution in [0.15, 0.2) is 48.5 Å². The maximum absolute atomic E-state index is 12.1. The van der Waals surface area contributed by atoms with E-state index in [0.717, 1.165) is 66.4 Å². The number of nitrogens with one attached hydrogen (secondary N) is 2. The van der Waals surface area contributed by atoms with E-state index in [1.807, 2.05) is 12.1 Å². The summed E-state index contributed by atoms with van der Waals surface area (Å²) in [5, 5.41) is 22.0. The van der Waals surface area contributed by atoms with E-state index >= 15 is 0 Å². The lowest BCUT2D eigenvalue weighted by atomic mass is 9.74. The molecule has 2 aliphatic rings. The summed E-state index contributed by atoms with van der Waals surface area (Å²) in [6, 6.07) is 15.0. The minimum atomic E-state index is -0.701. The molecule has 0 atom stereocenters. The number of aliphatic carboxylic acids is 1. The normalized spacial score (nSPS) is 18.3. The van der Waals surface area contributed by atoms with Gasteiger partial charge < -0.3 is 10.4 Å². The van der Waals surface area contributed by atoms with Crippen molar-refractivity contribution in [1.29, 1.82) is 0 Å². The third-order valence-electron chi connectivity index (χ3n) is 7.31. The summed E-state index contributed by atoms with van der Waals surface area (Å²) in [6.45, 7) is 0.406. The molecule has 1 fully saturated rings. The molecule has 5 nitrogen and oxygen atoms in total. The molecule has 5 heteroatoms. The molecular weight excluding hydrogens is 398 g/mol. The molecular formula is C27H31N3O2. The Hall–Kier alpha value is -3.08. The lowest BCUT2D eigenvalue weighted by Gasteiger charge is -2.33. The number of hydrogen-bond donors (Lipinski definition) is 3. The van der Waals surface area contributed by atoms with Gasteiger partial charge in [-0.05, 0) is 66.9 Å². The highest BCUT2D eigenvalue weighted by atomic mass is 16.4. The summed E-state index contributed by atoms with van der Waals surface area (Å²) in [7, 11) is 0. The fourth-order valence-corrected chi connectivity index (χ4v) is 5.35. The van der Waals surface area contributed by atoms with Gasteiger partial charge in [0, 0.05) is 6.54 Å². The van der Waals surface area contributed by atoms with Crippen LogP contribution < -0.4 is 5.32 Å². The Morgan fingerprint density at radius 3 is 2.50 bits per heavy atom. The van der Waals surface area contributed by atoms with Crippen molar-refractivity contribution in [2.45, 2.75) is 57.8 Å². The fourth-order valence-electron chi connectivity index (χ4n) is 5.35. The predicted molar refractivity (Wildman–Crippen MR) is 130 cm³/mol. The third-order valence-corrected chi connectivity index (χ3v) is 7.31. The molecule has 2 aliphatic carbocycles. The van der Waals surface area contributed by atoms with Gasteiger partial charge in [-0.2, -0.15) is 5.10 Å². The van der Waals surface area contributed by atoms with Crippen molar-refractivity contribution in [3.05, 3.63) is 54.1 Å². The molecule has 1 heterocycles. The van der Waals surface area contributed by atoms with Crippen LogP contribution in [-0.4, -0.2) is 27.8 Å². The molecule has 0 spiro atoms. The van der Waals surface area contributed by atoms with Crippen LogP contribution in [0.2, 0.25) is 0 Å². The number of aromatic nitrogens is 2. The van der Waals surface area contributed by atoms with E-state index in [1.54, 1.807) is 0 Å². The van der Waals surface area contributed by atoms with Crippen molar-refractivity contribution in [2.75, 3.05) is 11.9 Å². The average molecular weight is 430 g/mol. The van der Waals surface area contributed by atoms with Crippen molar-refractivity contribution < 1.29 is 9.90 Å². The third kappa shape index (κ3) is 3.92. The van der Waals surface area contributed by atoms with Crippen molar-refractivity contribution >= 4 is 28.3 Å². The summed E-state index contributed by atoms with van der Waals surface area (Å²) < 4.78 is 0. The first kappa shape index (κ1) is 20.8. The zero-order valence-corrected chi connectivity index (χ0v) is 18.5. The summed E-state index contributed by atoms with van der Waals surface area (Å²) in [5.74, 6) is 0.0400. The highest BCUT2D eigenvalue weighted by molar-refractivity contribution is 6.02. The van der Waals surface area contributed by atoms with Gasteiger partial charge >= 0.3 is 5.97 Å². The van der Waals surface area contributed by atoms with Gasteiger partial charge in [0.25, 0.3) is 0 Å². The van der Waals surface area contributed by atoms with E-state index in [1.165, 1.54) is 30.4 Å². The number of rotatable bonds is 6. The zero-order chi connectivity index (χ0) is 22.0. The molecule has 0 aliphatic heterocycles. The fraction of sp³-hybridized carbons (Fsp3) is 0.407. The quantitative estimate of drug-likeness (QED) is 0.411. The number of nitrogens with zero attached hydrogens (tertiary/aromatic N) is 1. The van der Waals surface area contributed by atoms with Crippen LogP contribution in [0.25, 0.3) is 27.6 Å². The smallest absolute Gasteiger partial charge is 0.311 e. The number of allylic oxidation sites excluding steroid dienone is 2. The Bertz CT molecular complexity index is 1140. The Balaban J connectivity index is 1.44. The first-order valence-corrected chi connectivity index (χ1v) is 11.9. The maximum atomic E-state index is 12.1. The molecule has 3 aromatic rings. The van der Waals surface area contributed by atoms with E-state index in [4.69, 9.17) is 0 Å². The van der Waals surface area contributed by atoms with Gasteiger partial charge in [0.15, 0.2) is 5.82 Å². The Morgan fingerprint density at radius 1 is 1.00 bits per heavy atom. The second-order valence-electron chi connectivity index (χ2n) is 9.35. The maximum Gasteiger partial charge on any atom is 0.311 e. The number of hydrogen-bond acceptors (Lipinski definition) is 3. The Labute approximate surface area is 188 Å². The van der Waals surface area contributed by atoms with Gasteiger partial charge in [0.1, 0.15) is 0 Å². The zero-order valence-electron chi connectivity index (χ0n) is 18.5. The average Bonchev–Trinajstić information content (AvgIpc) is 3.27. The lowest BCUT2D eigenvalue weighted by Crippen LogP contribution is -2.39. The number of aromatic amines is 1. The predicted octanol–water partition coefficient (Wildman–Crippen LogP) is 6.63. The van der Waals surface area contributed by atoms with Gasteiger partial charge in [-0.15, -0.1) is 0 Å². The minimum absolute atomic E-state index is 0.406. The van der Waals surface area contributed by atoms with E-state index in [0.29, 0.717) is 6.54 Å². The molecule has 2 aromatic carbocycles. The van der Waals surface area contributed by atoms with Crippen molar-refractivity contribution in [3.63, 3.8) is 0 Å². The van der Waals surface area contributed by atoms with Crippen molar-refractivity contribution in [1.82, 2.24) is 10.2 Å². The van der Waals surface area contributed by atoms with Crippen LogP contribution in [0.1, 0.15) is 63.4 Å². The topological polar surface area (TPSA) is 78.0 Å². The van der Waals surface area contributed by atoms with E-state index in [2.05, 4.69) is 51.9 Å². The summed E-state index contributed by atoms with van der Waals surface area (Å²) in [4.78, 5) is 12.1. The first-order chi connectivity index (χ1) is 15.7. The van der Waals surface area contributed by atoms with Gasteiger partial charge in [-0.25, -0.2) is 0 Å². The number of carbonyl (C=O) groups is 1. The molecule has 0 radical (unpaired) electrons.